The minimum Gasteiger partial charge on any atom is -0.431 e. The number of halogens is 2. The summed E-state index contributed by atoms with van der Waals surface area (Å²) in [6, 6.07) is 4.15. The number of anilines is 3. The van der Waals surface area contributed by atoms with Crippen molar-refractivity contribution in [2.24, 2.45) is 5.92 Å². The Balaban J connectivity index is 1.41. The molecule has 4 aliphatic heterocycles. The van der Waals surface area contributed by atoms with Crippen LogP contribution in [0.1, 0.15) is 19.3 Å². The quantitative estimate of drug-likeness (QED) is 0.794. The van der Waals surface area contributed by atoms with E-state index in [2.05, 4.69) is 19.5 Å². The molecule has 0 radical (unpaired) electrons. The van der Waals surface area contributed by atoms with Crippen LogP contribution in [0.4, 0.5) is 26.4 Å². The van der Waals surface area contributed by atoms with Crippen molar-refractivity contribution in [3.8, 4) is 17.0 Å². The van der Waals surface area contributed by atoms with Gasteiger partial charge in [0.05, 0.1) is 24.4 Å². The number of nitrogens with two attached hydrogens (primary N) is 1. The molecule has 0 amide bonds. The number of hydrogen-bond donors (Lipinski definition) is 1. The molecule has 2 atom stereocenters. The highest BCUT2D eigenvalue weighted by atomic mass is 19.3. The number of rotatable bonds is 5. The van der Waals surface area contributed by atoms with Crippen molar-refractivity contribution in [3.05, 3.63) is 18.3 Å². The third-order valence-electron chi connectivity index (χ3n) is 6.65. The molecular weight excluding hydrogens is 394 g/mol. The van der Waals surface area contributed by atoms with E-state index in [4.69, 9.17) is 20.4 Å². The fourth-order valence-electron chi connectivity index (χ4n) is 5.09. The molecule has 7 rings (SSSR count). The summed E-state index contributed by atoms with van der Waals surface area (Å²) >= 11 is 0. The van der Waals surface area contributed by atoms with Gasteiger partial charge in [-0.1, -0.05) is 0 Å². The maximum atomic E-state index is 12.7. The van der Waals surface area contributed by atoms with Gasteiger partial charge in [0.2, 0.25) is 5.95 Å². The molecule has 1 saturated carbocycles. The first kappa shape index (κ1) is 18.1. The highest BCUT2D eigenvalue weighted by Crippen LogP contribution is 2.43. The number of alkyl halides is 2. The molecule has 0 aromatic carbocycles. The Hall–Kier alpha value is -2.75. The normalized spacial score (nSPS) is 29.0. The second kappa shape index (κ2) is 6.63. The lowest BCUT2D eigenvalue weighted by atomic mass is 9.86. The zero-order chi connectivity index (χ0) is 20.4. The molecule has 4 bridgehead atoms. The third kappa shape index (κ3) is 2.92. The van der Waals surface area contributed by atoms with Gasteiger partial charge >= 0.3 is 6.61 Å². The molecule has 5 fully saturated rings. The molecule has 2 unspecified atom stereocenters. The molecule has 30 heavy (non-hydrogen) atoms. The molecule has 2 aromatic rings. The van der Waals surface area contributed by atoms with Gasteiger partial charge in [-0.2, -0.15) is 13.8 Å². The summed E-state index contributed by atoms with van der Waals surface area (Å²) in [6.45, 7) is -0.518. The van der Waals surface area contributed by atoms with Gasteiger partial charge in [0.1, 0.15) is 5.82 Å². The lowest BCUT2D eigenvalue weighted by Gasteiger charge is -2.30. The average molecular weight is 416 g/mol. The molecule has 4 saturated heterocycles. The van der Waals surface area contributed by atoms with Gasteiger partial charge < -0.3 is 25.0 Å². The van der Waals surface area contributed by atoms with E-state index in [0.29, 0.717) is 41.8 Å². The van der Waals surface area contributed by atoms with Gasteiger partial charge in [0.15, 0.2) is 11.6 Å². The second-order valence-corrected chi connectivity index (χ2v) is 8.54. The second-order valence-electron chi connectivity index (χ2n) is 8.54. The Morgan fingerprint density at radius 3 is 2.63 bits per heavy atom. The summed E-state index contributed by atoms with van der Waals surface area (Å²) < 4.78 is 35.8. The number of nitrogen functional groups attached to an aromatic ring is 1. The van der Waals surface area contributed by atoms with E-state index in [1.165, 1.54) is 25.1 Å². The zero-order valence-corrected chi connectivity index (χ0v) is 16.2. The van der Waals surface area contributed by atoms with Crippen molar-refractivity contribution >= 4 is 17.6 Å². The number of ether oxygens (including phenoxy) is 2. The van der Waals surface area contributed by atoms with Crippen molar-refractivity contribution in [2.45, 2.75) is 44.1 Å². The van der Waals surface area contributed by atoms with E-state index in [-0.39, 0.29) is 17.7 Å². The first-order valence-corrected chi connectivity index (χ1v) is 10.3. The topological polar surface area (TPSA) is 89.6 Å². The summed E-state index contributed by atoms with van der Waals surface area (Å²) in [5, 5.41) is 0. The van der Waals surface area contributed by atoms with E-state index in [9.17, 15) is 8.78 Å². The maximum Gasteiger partial charge on any atom is 0.387 e. The summed E-state index contributed by atoms with van der Waals surface area (Å²) in [5.41, 5.74) is 6.89. The highest BCUT2D eigenvalue weighted by Gasteiger charge is 2.45. The van der Waals surface area contributed by atoms with Crippen molar-refractivity contribution < 1.29 is 18.3 Å². The lowest BCUT2D eigenvalue weighted by molar-refractivity contribution is -0.0494. The molecule has 2 N–H and O–H groups in total. The van der Waals surface area contributed by atoms with Crippen LogP contribution in [0.25, 0.3) is 11.3 Å². The third-order valence-corrected chi connectivity index (χ3v) is 6.65. The standard InChI is InChI=1S/C20H22F2N6O2/c21-19(22)30-16-3-11(6-24-18(16)23)15-5-17(27-8-14-4-13(27)9-29-14)26-20(25-15)28-7-10-1-12(28)2-10/h3,5-6,10,12-14,19H,1-2,4,7-9H2,(H2,23,24). The van der Waals surface area contributed by atoms with E-state index in [0.717, 1.165) is 25.3 Å². The highest BCUT2D eigenvalue weighted by molar-refractivity contribution is 5.68. The van der Waals surface area contributed by atoms with Crippen LogP contribution >= 0.6 is 0 Å². The van der Waals surface area contributed by atoms with Crippen LogP contribution < -0.4 is 20.3 Å². The van der Waals surface area contributed by atoms with Gasteiger partial charge in [-0.15, -0.1) is 0 Å². The average Bonchev–Trinajstić information content (AvgIpc) is 3.48. The number of pyridine rings is 1. The molecule has 158 valence electrons. The Morgan fingerprint density at radius 1 is 1.10 bits per heavy atom. The van der Waals surface area contributed by atoms with E-state index >= 15 is 0 Å². The summed E-state index contributed by atoms with van der Waals surface area (Å²) in [4.78, 5) is 18.2. The Bertz CT molecular complexity index is 986. The fourth-order valence-corrected chi connectivity index (χ4v) is 5.09. The Kier molecular flexibility index (Phi) is 3.99. The number of hydrogen-bond acceptors (Lipinski definition) is 8. The number of aromatic nitrogens is 3. The van der Waals surface area contributed by atoms with Gasteiger partial charge in [0.25, 0.3) is 0 Å². The van der Waals surface area contributed by atoms with Gasteiger partial charge in [-0.3, -0.25) is 0 Å². The Morgan fingerprint density at radius 2 is 1.97 bits per heavy atom. The van der Waals surface area contributed by atoms with Gasteiger partial charge in [-0.25, -0.2) is 9.97 Å². The minimum absolute atomic E-state index is 0.0806. The van der Waals surface area contributed by atoms with E-state index < -0.39 is 6.61 Å². The molecule has 6 heterocycles. The largest absolute Gasteiger partial charge is 0.431 e. The zero-order valence-electron chi connectivity index (χ0n) is 16.2. The van der Waals surface area contributed by atoms with Gasteiger partial charge in [0, 0.05) is 37.0 Å². The number of morpholine rings is 1. The summed E-state index contributed by atoms with van der Waals surface area (Å²) in [6.07, 6.45) is 5.13. The van der Waals surface area contributed by atoms with Crippen LogP contribution in [0, 0.1) is 5.92 Å². The SMILES string of the molecule is Nc1ncc(-c2cc(N3CC4CC3CO4)nc(N3CC4CC3C4)n2)cc1OC(F)F. The van der Waals surface area contributed by atoms with Crippen molar-refractivity contribution in [1.82, 2.24) is 15.0 Å². The van der Waals surface area contributed by atoms with Crippen LogP contribution in [0.15, 0.2) is 18.3 Å². The van der Waals surface area contributed by atoms with E-state index in [1.54, 1.807) is 0 Å². The van der Waals surface area contributed by atoms with Crippen LogP contribution in [0.5, 0.6) is 5.75 Å². The van der Waals surface area contributed by atoms with Crippen molar-refractivity contribution in [3.63, 3.8) is 0 Å². The number of fused-ring (bicyclic) bond motifs is 3. The molecule has 8 nitrogen and oxygen atoms in total. The lowest BCUT2D eigenvalue weighted by Crippen LogP contribution is -2.38. The van der Waals surface area contributed by atoms with Crippen molar-refractivity contribution in [2.75, 3.05) is 35.2 Å². The Labute approximate surface area is 172 Å². The van der Waals surface area contributed by atoms with Crippen LogP contribution in [0.3, 0.4) is 0 Å². The number of nitrogens with zero attached hydrogens (tertiary/aromatic N) is 5. The first-order valence-electron chi connectivity index (χ1n) is 10.3. The summed E-state index contributed by atoms with van der Waals surface area (Å²) in [7, 11) is 0. The molecule has 2 aromatic heterocycles. The molecule has 0 spiro atoms. The van der Waals surface area contributed by atoms with Gasteiger partial charge in [-0.05, 0) is 31.2 Å². The molecule has 1 aliphatic carbocycles. The summed E-state index contributed by atoms with van der Waals surface area (Å²) in [5.74, 6) is 2.00. The molecular formula is C20H22F2N6O2. The smallest absolute Gasteiger partial charge is 0.387 e. The van der Waals surface area contributed by atoms with E-state index in [1.807, 2.05) is 6.07 Å². The predicted octanol–water partition coefficient (Wildman–Crippen LogP) is 2.30. The monoisotopic (exact) mass is 416 g/mol. The fraction of sp³-hybridized carbons (Fsp3) is 0.550. The first-order chi connectivity index (χ1) is 14.5. The maximum absolute atomic E-state index is 12.7. The predicted molar refractivity (Wildman–Crippen MR) is 106 cm³/mol. The molecule has 10 heteroatoms. The molecule has 5 aliphatic rings. The van der Waals surface area contributed by atoms with Crippen LogP contribution in [0.2, 0.25) is 0 Å². The van der Waals surface area contributed by atoms with Crippen LogP contribution in [-0.4, -0.2) is 59.4 Å². The van der Waals surface area contributed by atoms with Crippen molar-refractivity contribution in [1.29, 1.82) is 0 Å². The van der Waals surface area contributed by atoms with Crippen LogP contribution in [-0.2, 0) is 4.74 Å². The minimum atomic E-state index is -2.97.